The molecule has 0 aromatic carbocycles. The highest BCUT2D eigenvalue weighted by Crippen LogP contribution is 2.17. The van der Waals surface area contributed by atoms with Crippen LogP contribution in [0.1, 0.15) is 11.3 Å². The third-order valence-corrected chi connectivity index (χ3v) is 1.67. The fourth-order valence-electron chi connectivity index (χ4n) is 0.986. The number of halogens is 2. The second-order valence-corrected chi connectivity index (χ2v) is 2.29. The quantitative estimate of drug-likeness (QED) is 0.833. The number of aromatic nitrogens is 1. The van der Waals surface area contributed by atoms with E-state index < -0.39 is 0 Å². The Balaban J connectivity index is 0. The first-order valence-electron chi connectivity index (χ1n) is 3.48. The Bertz CT molecular complexity index is 234. The molecule has 13 heavy (non-hydrogen) atoms. The van der Waals surface area contributed by atoms with Gasteiger partial charge in [0.2, 0.25) is 0 Å². The maximum absolute atomic E-state index is 5.46. The van der Waals surface area contributed by atoms with E-state index in [1.54, 1.807) is 13.3 Å². The second kappa shape index (κ2) is 6.95. The van der Waals surface area contributed by atoms with Crippen LogP contribution in [0.2, 0.25) is 0 Å². The molecule has 0 aliphatic rings. The minimum absolute atomic E-state index is 0. The molecule has 0 unspecified atom stereocenters. The largest absolute Gasteiger partial charge is 0.496 e. The van der Waals surface area contributed by atoms with Gasteiger partial charge in [-0.2, -0.15) is 0 Å². The zero-order valence-electron chi connectivity index (χ0n) is 7.61. The minimum Gasteiger partial charge on any atom is -0.496 e. The normalized spacial score (nSPS) is 8.23. The lowest BCUT2D eigenvalue weighted by Crippen LogP contribution is -2.03. The predicted molar refractivity (Wildman–Crippen MR) is 57.9 cm³/mol. The third-order valence-electron chi connectivity index (χ3n) is 1.67. The first-order valence-corrected chi connectivity index (χ1v) is 3.48. The lowest BCUT2D eigenvalue weighted by atomic mass is 10.2. The highest BCUT2D eigenvalue weighted by molar-refractivity contribution is 5.85. The molecule has 0 bridgehead atoms. The summed E-state index contributed by atoms with van der Waals surface area (Å²) in [5.41, 5.74) is 7.37. The molecular weight excluding hydrogens is 211 g/mol. The summed E-state index contributed by atoms with van der Waals surface area (Å²) in [6.07, 6.45) is 1.70. The van der Waals surface area contributed by atoms with Gasteiger partial charge in [-0.3, -0.25) is 4.98 Å². The van der Waals surface area contributed by atoms with Gasteiger partial charge in [0.25, 0.3) is 0 Å². The molecule has 0 aliphatic heterocycles. The molecule has 0 saturated carbocycles. The topological polar surface area (TPSA) is 48.1 Å². The lowest BCUT2D eigenvalue weighted by Gasteiger charge is -2.06. The third kappa shape index (κ3) is 3.38. The fourth-order valence-corrected chi connectivity index (χ4v) is 0.986. The first-order chi connectivity index (χ1) is 5.29. The molecule has 5 heteroatoms. The predicted octanol–water partition coefficient (Wildman–Crippen LogP) is 1.70. The number of methoxy groups -OCH3 is 1. The Morgan fingerprint density at radius 1 is 1.46 bits per heavy atom. The van der Waals surface area contributed by atoms with Crippen molar-refractivity contribution in [3.05, 3.63) is 23.5 Å². The molecule has 3 nitrogen and oxygen atoms in total. The van der Waals surface area contributed by atoms with Crippen molar-refractivity contribution < 1.29 is 4.74 Å². The molecule has 0 aliphatic carbocycles. The van der Waals surface area contributed by atoms with Crippen LogP contribution in [0.5, 0.6) is 5.75 Å². The standard InChI is InChI=1S/C8H12N2O.2ClH/c1-6-7(5-9)10-4-3-8(6)11-2;;/h3-4H,5,9H2,1-2H3;2*1H. The van der Waals surface area contributed by atoms with Crippen LogP contribution in [-0.2, 0) is 6.54 Å². The Morgan fingerprint density at radius 3 is 2.54 bits per heavy atom. The average Bonchev–Trinajstić information content (AvgIpc) is 2.05. The van der Waals surface area contributed by atoms with Gasteiger partial charge < -0.3 is 10.5 Å². The van der Waals surface area contributed by atoms with Crippen LogP contribution in [0.4, 0.5) is 0 Å². The van der Waals surface area contributed by atoms with E-state index in [1.165, 1.54) is 0 Å². The molecule has 0 radical (unpaired) electrons. The summed E-state index contributed by atoms with van der Waals surface area (Å²) in [4.78, 5) is 4.10. The monoisotopic (exact) mass is 224 g/mol. The molecule has 2 N–H and O–H groups in total. The molecule has 0 amide bonds. The van der Waals surface area contributed by atoms with Crippen molar-refractivity contribution in [3.63, 3.8) is 0 Å². The molecule has 0 spiro atoms. The van der Waals surface area contributed by atoms with Crippen molar-refractivity contribution in [2.24, 2.45) is 5.73 Å². The minimum atomic E-state index is 0. The summed E-state index contributed by atoms with van der Waals surface area (Å²) in [5.74, 6) is 0.848. The van der Waals surface area contributed by atoms with E-state index in [-0.39, 0.29) is 24.8 Å². The van der Waals surface area contributed by atoms with Crippen LogP contribution >= 0.6 is 24.8 Å². The Labute approximate surface area is 90.5 Å². The van der Waals surface area contributed by atoms with Gasteiger partial charge in [-0.05, 0) is 13.0 Å². The van der Waals surface area contributed by atoms with Gasteiger partial charge in [0, 0.05) is 18.3 Å². The van der Waals surface area contributed by atoms with Crippen molar-refractivity contribution >= 4 is 24.8 Å². The smallest absolute Gasteiger partial charge is 0.125 e. The molecule has 1 rings (SSSR count). The van der Waals surface area contributed by atoms with Gasteiger partial charge in [-0.15, -0.1) is 24.8 Å². The van der Waals surface area contributed by atoms with Crippen molar-refractivity contribution in [3.8, 4) is 5.75 Å². The summed E-state index contributed by atoms with van der Waals surface area (Å²) in [6.45, 7) is 2.41. The Morgan fingerprint density at radius 2 is 2.08 bits per heavy atom. The summed E-state index contributed by atoms with van der Waals surface area (Å²) in [7, 11) is 1.64. The molecule has 76 valence electrons. The van der Waals surface area contributed by atoms with Crippen molar-refractivity contribution in [1.29, 1.82) is 0 Å². The second-order valence-electron chi connectivity index (χ2n) is 2.29. The van der Waals surface area contributed by atoms with Crippen LogP contribution in [0.15, 0.2) is 12.3 Å². The zero-order chi connectivity index (χ0) is 8.27. The molecule has 1 aromatic heterocycles. The van der Waals surface area contributed by atoms with Crippen LogP contribution in [0.25, 0.3) is 0 Å². The number of ether oxygens (including phenoxy) is 1. The molecule has 0 atom stereocenters. The average molecular weight is 225 g/mol. The number of hydrogen-bond acceptors (Lipinski definition) is 3. The van der Waals surface area contributed by atoms with E-state index in [1.807, 2.05) is 13.0 Å². The van der Waals surface area contributed by atoms with E-state index in [2.05, 4.69) is 4.98 Å². The number of hydrogen-bond donors (Lipinski definition) is 1. The van der Waals surface area contributed by atoms with Crippen LogP contribution in [0, 0.1) is 6.92 Å². The summed E-state index contributed by atoms with van der Waals surface area (Å²) in [6, 6.07) is 1.83. The van der Waals surface area contributed by atoms with E-state index >= 15 is 0 Å². The van der Waals surface area contributed by atoms with Crippen LogP contribution < -0.4 is 10.5 Å². The summed E-state index contributed by atoms with van der Waals surface area (Å²) >= 11 is 0. The van der Waals surface area contributed by atoms with E-state index in [0.717, 1.165) is 17.0 Å². The van der Waals surface area contributed by atoms with E-state index in [4.69, 9.17) is 10.5 Å². The van der Waals surface area contributed by atoms with Gasteiger partial charge in [0.15, 0.2) is 0 Å². The van der Waals surface area contributed by atoms with Crippen LogP contribution in [-0.4, -0.2) is 12.1 Å². The van der Waals surface area contributed by atoms with E-state index in [0.29, 0.717) is 6.54 Å². The van der Waals surface area contributed by atoms with E-state index in [9.17, 15) is 0 Å². The van der Waals surface area contributed by atoms with Gasteiger partial charge in [0.1, 0.15) is 5.75 Å². The number of nitrogens with two attached hydrogens (primary N) is 1. The highest BCUT2D eigenvalue weighted by atomic mass is 35.5. The van der Waals surface area contributed by atoms with Gasteiger partial charge in [0.05, 0.1) is 12.8 Å². The SMILES string of the molecule is COc1ccnc(CN)c1C.Cl.Cl. The molecular formula is C8H14Cl2N2O. The maximum atomic E-state index is 5.46. The highest BCUT2D eigenvalue weighted by Gasteiger charge is 2.02. The number of nitrogens with zero attached hydrogens (tertiary/aromatic N) is 1. The first kappa shape index (κ1) is 15.0. The summed E-state index contributed by atoms with van der Waals surface area (Å²) in [5, 5.41) is 0. The molecule has 1 aromatic rings. The fraction of sp³-hybridized carbons (Fsp3) is 0.375. The Kier molecular flexibility index (Phi) is 8.01. The van der Waals surface area contributed by atoms with Gasteiger partial charge >= 0.3 is 0 Å². The zero-order valence-corrected chi connectivity index (χ0v) is 9.24. The molecule has 0 fully saturated rings. The van der Waals surface area contributed by atoms with Crippen molar-refractivity contribution in [2.45, 2.75) is 13.5 Å². The van der Waals surface area contributed by atoms with Gasteiger partial charge in [-0.25, -0.2) is 0 Å². The molecule has 0 saturated heterocycles. The summed E-state index contributed by atoms with van der Waals surface area (Å²) < 4.78 is 5.09. The number of pyridine rings is 1. The number of rotatable bonds is 2. The van der Waals surface area contributed by atoms with Crippen LogP contribution in [0.3, 0.4) is 0 Å². The Hall–Kier alpha value is -0.510. The molecule has 1 heterocycles. The van der Waals surface area contributed by atoms with Crippen molar-refractivity contribution in [1.82, 2.24) is 4.98 Å². The van der Waals surface area contributed by atoms with Gasteiger partial charge in [-0.1, -0.05) is 0 Å². The van der Waals surface area contributed by atoms with Crippen molar-refractivity contribution in [2.75, 3.05) is 7.11 Å². The lowest BCUT2D eigenvalue weighted by molar-refractivity contribution is 0.410. The maximum Gasteiger partial charge on any atom is 0.125 e.